The zero-order chi connectivity index (χ0) is 7.84. The molecule has 0 aromatic carbocycles. The SMILES string of the molecule is Cc1nn(C2CC2)cc1C#N. The van der Waals surface area contributed by atoms with Crippen molar-refractivity contribution in [1.29, 1.82) is 5.26 Å². The smallest absolute Gasteiger partial charge is 0.103 e. The first-order chi connectivity index (χ1) is 5.31. The molecule has 1 aromatic rings. The highest BCUT2D eigenvalue weighted by Gasteiger charge is 2.24. The topological polar surface area (TPSA) is 41.6 Å². The van der Waals surface area contributed by atoms with Crippen molar-refractivity contribution in [2.24, 2.45) is 0 Å². The van der Waals surface area contributed by atoms with Gasteiger partial charge in [-0.15, -0.1) is 0 Å². The van der Waals surface area contributed by atoms with Crippen LogP contribution in [0.1, 0.15) is 30.1 Å². The van der Waals surface area contributed by atoms with Crippen molar-refractivity contribution in [1.82, 2.24) is 9.78 Å². The molecule has 3 nitrogen and oxygen atoms in total. The first kappa shape index (κ1) is 6.41. The van der Waals surface area contributed by atoms with Crippen molar-refractivity contribution in [2.75, 3.05) is 0 Å². The summed E-state index contributed by atoms with van der Waals surface area (Å²) >= 11 is 0. The van der Waals surface area contributed by atoms with E-state index in [1.54, 1.807) is 0 Å². The van der Waals surface area contributed by atoms with Gasteiger partial charge in [0.25, 0.3) is 0 Å². The van der Waals surface area contributed by atoms with Gasteiger partial charge in [-0.3, -0.25) is 4.68 Å². The highest BCUT2D eigenvalue weighted by atomic mass is 15.3. The van der Waals surface area contributed by atoms with Crippen LogP contribution in [-0.2, 0) is 0 Å². The van der Waals surface area contributed by atoms with E-state index >= 15 is 0 Å². The van der Waals surface area contributed by atoms with Crippen LogP contribution < -0.4 is 0 Å². The highest BCUT2D eigenvalue weighted by molar-refractivity contribution is 5.30. The van der Waals surface area contributed by atoms with Gasteiger partial charge in [0.05, 0.1) is 17.3 Å². The van der Waals surface area contributed by atoms with E-state index in [1.165, 1.54) is 12.8 Å². The van der Waals surface area contributed by atoms with Gasteiger partial charge in [-0.25, -0.2) is 0 Å². The van der Waals surface area contributed by atoms with Crippen LogP contribution >= 0.6 is 0 Å². The molecular weight excluding hydrogens is 138 g/mol. The molecule has 11 heavy (non-hydrogen) atoms. The van der Waals surface area contributed by atoms with Crippen molar-refractivity contribution in [3.63, 3.8) is 0 Å². The van der Waals surface area contributed by atoms with E-state index in [0.29, 0.717) is 11.6 Å². The van der Waals surface area contributed by atoms with Crippen LogP contribution in [-0.4, -0.2) is 9.78 Å². The molecule has 1 heterocycles. The maximum atomic E-state index is 8.63. The monoisotopic (exact) mass is 147 g/mol. The molecule has 0 amide bonds. The molecule has 1 aliphatic carbocycles. The summed E-state index contributed by atoms with van der Waals surface area (Å²) in [6.45, 7) is 1.87. The predicted octanol–water partition coefficient (Wildman–Crippen LogP) is 1.40. The molecule has 0 spiro atoms. The minimum atomic E-state index is 0.579. The molecule has 0 N–H and O–H groups in total. The minimum absolute atomic E-state index is 0.579. The molecule has 1 saturated carbocycles. The number of rotatable bonds is 1. The Hall–Kier alpha value is -1.30. The Balaban J connectivity index is 2.38. The summed E-state index contributed by atoms with van der Waals surface area (Å²) in [5.74, 6) is 0. The van der Waals surface area contributed by atoms with Crippen LogP contribution in [0, 0.1) is 18.3 Å². The van der Waals surface area contributed by atoms with Gasteiger partial charge in [-0.1, -0.05) is 0 Å². The second-order valence-electron chi connectivity index (χ2n) is 2.95. The summed E-state index contributed by atoms with van der Waals surface area (Å²) in [4.78, 5) is 0. The van der Waals surface area contributed by atoms with Crippen LogP contribution in [0.3, 0.4) is 0 Å². The molecule has 1 fully saturated rings. The Labute approximate surface area is 65.3 Å². The fraction of sp³-hybridized carbons (Fsp3) is 0.500. The number of aryl methyl sites for hydroxylation is 1. The Kier molecular flexibility index (Phi) is 1.22. The summed E-state index contributed by atoms with van der Waals surface area (Å²) in [5, 5.41) is 12.9. The third-order valence-electron chi connectivity index (χ3n) is 1.96. The summed E-state index contributed by atoms with van der Waals surface area (Å²) in [6.07, 6.45) is 4.27. The molecule has 0 aliphatic heterocycles. The van der Waals surface area contributed by atoms with Gasteiger partial charge in [0, 0.05) is 6.20 Å². The summed E-state index contributed by atoms with van der Waals surface area (Å²) < 4.78 is 1.91. The minimum Gasteiger partial charge on any atom is -0.268 e. The average molecular weight is 147 g/mol. The molecular formula is C8H9N3. The summed E-state index contributed by atoms with van der Waals surface area (Å²) in [7, 11) is 0. The van der Waals surface area contributed by atoms with E-state index in [2.05, 4.69) is 11.2 Å². The first-order valence-electron chi connectivity index (χ1n) is 3.77. The van der Waals surface area contributed by atoms with Crippen LogP contribution in [0.2, 0.25) is 0 Å². The molecule has 2 rings (SSSR count). The Morgan fingerprint density at radius 1 is 1.73 bits per heavy atom. The lowest BCUT2D eigenvalue weighted by atomic mass is 10.3. The van der Waals surface area contributed by atoms with Crippen molar-refractivity contribution in [3.05, 3.63) is 17.5 Å². The summed E-state index contributed by atoms with van der Waals surface area (Å²) in [6, 6.07) is 2.69. The average Bonchev–Trinajstić information content (AvgIpc) is 2.76. The van der Waals surface area contributed by atoms with Crippen molar-refractivity contribution < 1.29 is 0 Å². The van der Waals surface area contributed by atoms with Gasteiger partial charge in [-0.2, -0.15) is 10.4 Å². The van der Waals surface area contributed by atoms with Crippen molar-refractivity contribution in [2.45, 2.75) is 25.8 Å². The maximum Gasteiger partial charge on any atom is 0.103 e. The normalized spacial score (nSPS) is 16.4. The van der Waals surface area contributed by atoms with Gasteiger partial charge < -0.3 is 0 Å². The van der Waals surface area contributed by atoms with Gasteiger partial charge in [0.15, 0.2) is 0 Å². The van der Waals surface area contributed by atoms with Gasteiger partial charge >= 0.3 is 0 Å². The summed E-state index contributed by atoms with van der Waals surface area (Å²) in [5.41, 5.74) is 1.55. The van der Waals surface area contributed by atoms with Crippen LogP contribution in [0.25, 0.3) is 0 Å². The molecule has 56 valence electrons. The molecule has 1 aliphatic rings. The second kappa shape index (κ2) is 2.09. The molecule has 0 saturated heterocycles. The quantitative estimate of drug-likeness (QED) is 0.602. The maximum absolute atomic E-state index is 8.63. The van der Waals surface area contributed by atoms with Crippen molar-refractivity contribution in [3.8, 4) is 6.07 Å². The lowest BCUT2D eigenvalue weighted by Crippen LogP contribution is -1.93. The Morgan fingerprint density at radius 2 is 2.45 bits per heavy atom. The van der Waals surface area contributed by atoms with Crippen LogP contribution in [0.5, 0.6) is 0 Å². The molecule has 1 aromatic heterocycles. The zero-order valence-corrected chi connectivity index (χ0v) is 6.41. The number of aromatic nitrogens is 2. The standard InChI is InChI=1S/C8H9N3/c1-6-7(4-9)5-11(10-6)8-2-3-8/h5,8H,2-3H2,1H3. The third-order valence-corrected chi connectivity index (χ3v) is 1.96. The fourth-order valence-electron chi connectivity index (χ4n) is 1.12. The molecule has 0 radical (unpaired) electrons. The van der Waals surface area contributed by atoms with E-state index in [0.717, 1.165) is 5.69 Å². The predicted molar refractivity (Wildman–Crippen MR) is 40.0 cm³/mol. The lowest BCUT2D eigenvalue weighted by Gasteiger charge is -1.92. The number of hydrogen-bond acceptors (Lipinski definition) is 2. The van der Waals surface area contributed by atoms with E-state index in [1.807, 2.05) is 17.8 Å². The Bertz CT molecular complexity index is 315. The highest BCUT2D eigenvalue weighted by Crippen LogP contribution is 2.34. The lowest BCUT2D eigenvalue weighted by molar-refractivity contribution is 0.635. The second-order valence-corrected chi connectivity index (χ2v) is 2.95. The molecule has 0 bridgehead atoms. The van der Waals surface area contributed by atoms with Gasteiger partial charge in [0.2, 0.25) is 0 Å². The zero-order valence-electron chi connectivity index (χ0n) is 6.41. The third kappa shape index (κ3) is 1.01. The fourth-order valence-corrected chi connectivity index (χ4v) is 1.12. The van der Waals surface area contributed by atoms with Crippen LogP contribution in [0.4, 0.5) is 0 Å². The van der Waals surface area contributed by atoms with Gasteiger partial charge in [-0.05, 0) is 19.8 Å². The Morgan fingerprint density at radius 3 is 2.91 bits per heavy atom. The number of nitrogens with zero attached hydrogens (tertiary/aromatic N) is 3. The number of hydrogen-bond donors (Lipinski definition) is 0. The molecule has 0 atom stereocenters. The van der Waals surface area contributed by atoms with E-state index in [9.17, 15) is 0 Å². The molecule has 0 unspecified atom stereocenters. The largest absolute Gasteiger partial charge is 0.268 e. The van der Waals surface area contributed by atoms with Crippen LogP contribution in [0.15, 0.2) is 6.20 Å². The molecule has 3 heteroatoms. The van der Waals surface area contributed by atoms with Crippen molar-refractivity contribution >= 4 is 0 Å². The number of nitriles is 1. The first-order valence-corrected chi connectivity index (χ1v) is 3.77. The van der Waals surface area contributed by atoms with E-state index in [4.69, 9.17) is 5.26 Å². The van der Waals surface area contributed by atoms with E-state index in [-0.39, 0.29) is 0 Å². The van der Waals surface area contributed by atoms with Gasteiger partial charge in [0.1, 0.15) is 6.07 Å². The van der Waals surface area contributed by atoms with E-state index < -0.39 is 0 Å².